The molecule has 0 spiro atoms. The van der Waals surface area contributed by atoms with E-state index in [0.29, 0.717) is 5.92 Å². The van der Waals surface area contributed by atoms with Crippen LogP contribution in [-0.2, 0) is 10.2 Å². The number of ether oxygens (including phenoxy) is 1. The zero-order valence-corrected chi connectivity index (χ0v) is 19.9. The minimum atomic E-state index is -0.0222. The predicted molar refractivity (Wildman–Crippen MR) is 130 cm³/mol. The lowest BCUT2D eigenvalue weighted by Crippen LogP contribution is -2.56. The molecular weight excluding hydrogens is 412 g/mol. The Morgan fingerprint density at radius 3 is 2.91 bits per heavy atom. The molecular formula is C28H36N2O3. The molecule has 33 heavy (non-hydrogen) atoms. The second-order valence-electron chi connectivity index (χ2n) is 10.3. The molecule has 5 rings (SSSR count). The third-order valence-electron chi connectivity index (χ3n) is 8.13. The minimum absolute atomic E-state index is 0.0222. The molecule has 1 aliphatic heterocycles. The van der Waals surface area contributed by atoms with Crippen LogP contribution < -0.4 is 10.1 Å². The topological polar surface area (TPSA) is 54.7 Å². The summed E-state index contributed by atoms with van der Waals surface area (Å²) in [5, 5.41) is 3.31. The van der Waals surface area contributed by atoms with Crippen LogP contribution in [0.2, 0.25) is 0 Å². The first kappa shape index (κ1) is 22.3. The fourth-order valence-corrected chi connectivity index (χ4v) is 6.09. The van der Waals surface area contributed by atoms with Crippen LogP contribution in [0.25, 0.3) is 6.08 Å². The number of fused-ring (bicyclic) bond motifs is 1. The van der Waals surface area contributed by atoms with Crippen molar-refractivity contribution in [3.05, 3.63) is 59.6 Å². The lowest BCUT2D eigenvalue weighted by molar-refractivity contribution is -0.117. The monoisotopic (exact) mass is 448 g/mol. The molecule has 2 saturated carbocycles. The summed E-state index contributed by atoms with van der Waals surface area (Å²) < 4.78 is 10.9. The Kier molecular flexibility index (Phi) is 6.33. The Morgan fingerprint density at radius 1 is 1.27 bits per heavy atom. The molecule has 3 fully saturated rings. The van der Waals surface area contributed by atoms with Crippen LogP contribution in [0.4, 0.5) is 0 Å². The fraction of sp³-hybridized carbons (Fsp3) is 0.536. The van der Waals surface area contributed by atoms with Crippen molar-refractivity contribution in [1.82, 2.24) is 10.2 Å². The summed E-state index contributed by atoms with van der Waals surface area (Å²) in [6.45, 7) is 5.49. The van der Waals surface area contributed by atoms with E-state index in [2.05, 4.69) is 28.4 Å². The van der Waals surface area contributed by atoms with Crippen molar-refractivity contribution in [2.24, 2.45) is 11.8 Å². The number of aryl methyl sites for hydroxylation is 1. The Hall–Kier alpha value is -2.53. The molecule has 0 radical (unpaired) electrons. The van der Waals surface area contributed by atoms with E-state index in [1.54, 1.807) is 19.4 Å². The molecule has 2 aliphatic carbocycles. The van der Waals surface area contributed by atoms with Crippen LogP contribution in [0.3, 0.4) is 0 Å². The number of methoxy groups -OCH3 is 1. The first-order valence-corrected chi connectivity index (χ1v) is 12.5. The van der Waals surface area contributed by atoms with Gasteiger partial charge < -0.3 is 19.4 Å². The van der Waals surface area contributed by atoms with Gasteiger partial charge in [-0.1, -0.05) is 12.1 Å². The molecule has 5 heteroatoms. The van der Waals surface area contributed by atoms with Gasteiger partial charge in [0.1, 0.15) is 11.5 Å². The average Bonchev–Trinajstić information content (AvgIpc) is 3.55. The van der Waals surface area contributed by atoms with Crippen LogP contribution in [0.1, 0.15) is 55.4 Å². The molecule has 0 unspecified atom stereocenters. The summed E-state index contributed by atoms with van der Waals surface area (Å²) in [7, 11) is 1.74. The lowest BCUT2D eigenvalue weighted by Gasteiger charge is -2.53. The standard InChI is InChI=1S/C28H36N2O3/c1-20-22(12-15-33-20)8-11-27(31)29-25-10-9-24-19-30(18-21-6-7-21)14-13-28(24,17-25)23-4-3-5-26(16-23)32-2/h3-5,8,11-12,15-16,21,24-25H,6-7,9-10,13-14,17-19H2,1-2H3,(H,29,31)/t24-,25+,28+/m1/s1. The van der Waals surface area contributed by atoms with Crippen molar-refractivity contribution in [2.75, 3.05) is 26.7 Å². The summed E-state index contributed by atoms with van der Waals surface area (Å²) in [5.41, 5.74) is 2.42. The SMILES string of the molecule is COc1cccc([C@@]23CCN(CC4CC4)C[C@H]2CC[C@H](NC(=O)C=Cc2ccoc2C)C3)c1. The fourth-order valence-electron chi connectivity index (χ4n) is 6.09. The third kappa shape index (κ3) is 4.89. The number of hydrogen-bond acceptors (Lipinski definition) is 4. The number of hydrogen-bond donors (Lipinski definition) is 1. The average molecular weight is 449 g/mol. The van der Waals surface area contributed by atoms with Crippen LogP contribution in [0.15, 0.2) is 47.1 Å². The molecule has 2 aromatic rings. The van der Waals surface area contributed by atoms with Gasteiger partial charge in [-0.3, -0.25) is 4.79 Å². The van der Waals surface area contributed by atoms with Gasteiger partial charge in [-0.05, 0) is 93.7 Å². The Bertz CT molecular complexity index is 1010. The maximum atomic E-state index is 12.7. The van der Waals surface area contributed by atoms with Gasteiger partial charge in [-0.25, -0.2) is 0 Å². The molecule has 3 atom stereocenters. The van der Waals surface area contributed by atoms with Crippen molar-refractivity contribution in [1.29, 1.82) is 0 Å². The largest absolute Gasteiger partial charge is 0.497 e. The minimum Gasteiger partial charge on any atom is -0.497 e. The van der Waals surface area contributed by atoms with E-state index in [0.717, 1.165) is 55.2 Å². The van der Waals surface area contributed by atoms with Crippen LogP contribution in [0, 0.1) is 18.8 Å². The Labute approximate surface area is 197 Å². The van der Waals surface area contributed by atoms with E-state index in [9.17, 15) is 4.79 Å². The van der Waals surface area contributed by atoms with Crippen molar-refractivity contribution in [3.8, 4) is 5.75 Å². The number of benzene rings is 1. The number of carbonyl (C=O) groups is 1. The number of piperidine rings is 1. The highest BCUT2D eigenvalue weighted by Crippen LogP contribution is 2.50. The summed E-state index contributed by atoms with van der Waals surface area (Å²) >= 11 is 0. The number of amides is 1. The van der Waals surface area contributed by atoms with Gasteiger partial charge in [0.2, 0.25) is 5.91 Å². The summed E-state index contributed by atoms with van der Waals surface area (Å²) in [4.78, 5) is 15.4. The number of furan rings is 1. The highest BCUT2D eigenvalue weighted by molar-refractivity contribution is 5.92. The molecule has 1 aromatic carbocycles. The maximum absolute atomic E-state index is 12.7. The molecule has 1 amide bonds. The zero-order chi connectivity index (χ0) is 22.8. The molecule has 1 saturated heterocycles. The highest BCUT2D eigenvalue weighted by atomic mass is 16.5. The van der Waals surface area contributed by atoms with Gasteiger partial charge in [0.05, 0.1) is 13.4 Å². The van der Waals surface area contributed by atoms with E-state index in [4.69, 9.17) is 9.15 Å². The van der Waals surface area contributed by atoms with Gasteiger partial charge in [-0.2, -0.15) is 0 Å². The number of nitrogens with one attached hydrogen (secondary N) is 1. The van der Waals surface area contributed by atoms with Crippen LogP contribution in [0.5, 0.6) is 5.75 Å². The molecule has 176 valence electrons. The van der Waals surface area contributed by atoms with Gasteiger partial charge in [0.15, 0.2) is 0 Å². The second-order valence-corrected chi connectivity index (χ2v) is 10.3. The van der Waals surface area contributed by atoms with Crippen molar-refractivity contribution >= 4 is 12.0 Å². The summed E-state index contributed by atoms with van der Waals surface area (Å²) in [6, 6.07) is 10.7. The van der Waals surface area contributed by atoms with E-state index in [-0.39, 0.29) is 17.4 Å². The van der Waals surface area contributed by atoms with E-state index >= 15 is 0 Å². The normalized spacial score (nSPS) is 27.9. The Balaban J connectivity index is 1.33. The smallest absolute Gasteiger partial charge is 0.244 e. The van der Waals surface area contributed by atoms with Gasteiger partial charge in [0.25, 0.3) is 0 Å². The Morgan fingerprint density at radius 2 is 2.15 bits per heavy atom. The van der Waals surface area contributed by atoms with Crippen LogP contribution >= 0.6 is 0 Å². The van der Waals surface area contributed by atoms with Gasteiger partial charge in [0, 0.05) is 36.2 Å². The maximum Gasteiger partial charge on any atom is 0.244 e. The summed E-state index contributed by atoms with van der Waals surface area (Å²) in [5.74, 6) is 3.27. The van der Waals surface area contributed by atoms with Crippen molar-refractivity contribution < 1.29 is 13.9 Å². The van der Waals surface area contributed by atoms with E-state index < -0.39 is 0 Å². The van der Waals surface area contributed by atoms with Gasteiger partial charge >= 0.3 is 0 Å². The number of nitrogens with zero attached hydrogens (tertiary/aromatic N) is 1. The predicted octanol–water partition coefficient (Wildman–Crippen LogP) is 4.95. The van der Waals surface area contributed by atoms with Crippen molar-refractivity contribution in [3.63, 3.8) is 0 Å². The second kappa shape index (κ2) is 9.38. The zero-order valence-electron chi connectivity index (χ0n) is 19.9. The molecule has 1 aromatic heterocycles. The third-order valence-corrected chi connectivity index (χ3v) is 8.13. The van der Waals surface area contributed by atoms with E-state index in [1.807, 2.05) is 25.1 Å². The van der Waals surface area contributed by atoms with Gasteiger partial charge in [-0.15, -0.1) is 0 Å². The first-order valence-electron chi connectivity index (χ1n) is 12.5. The molecule has 5 nitrogen and oxygen atoms in total. The molecule has 0 bridgehead atoms. The highest BCUT2D eigenvalue weighted by Gasteiger charge is 2.48. The van der Waals surface area contributed by atoms with Crippen molar-refractivity contribution in [2.45, 2.75) is 56.9 Å². The van der Waals surface area contributed by atoms with Crippen LogP contribution in [-0.4, -0.2) is 43.6 Å². The quantitative estimate of drug-likeness (QED) is 0.609. The molecule has 1 N–H and O–H groups in total. The van der Waals surface area contributed by atoms with E-state index in [1.165, 1.54) is 31.5 Å². The number of likely N-dealkylation sites (tertiary alicyclic amines) is 1. The molecule has 3 aliphatic rings. The first-order chi connectivity index (χ1) is 16.1. The summed E-state index contributed by atoms with van der Waals surface area (Å²) in [6.07, 6.45) is 12.3. The number of rotatable bonds is 7. The molecule has 2 heterocycles. The lowest BCUT2D eigenvalue weighted by atomic mass is 9.58. The number of carbonyl (C=O) groups excluding carboxylic acids is 1.